The predicted molar refractivity (Wildman–Crippen MR) is 77.1 cm³/mol. The molecular formula is C13H12ClN5O2. The van der Waals surface area contributed by atoms with E-state index in [9.17, 15) is 9.59 Å². The van der Waals surface area contributed by atoms with Crippen molar-refractivity contribution in [1.82, 2.24) is 14.8 Å². The van der Waals surface area contributed by atoms with Crippen molar-refractivity contribution in [2.45, 2.75) is 19.4 Å². The van der Waals surface area contributed by atoms with Gasteiger partial charge in [0.15, 0.2) is 0 Å². The summed E-state index contributed by atoms with van der Waals surface area (Å²) >= 11 is 5.98. The Morgan fingerprint density at radius 2 is 2.24 bits per heavy atom. The van der Waals surface area contributed by atoms with Crippen LogP contribution in [0.2, 0.25) is 5.02 Å². The number of aryl methyl sites for hydroxylation is 1. The number of hydrogen-bond acceptors (Lipinski definition) is 4. The van der Waals surface area contributed by atoms with Crippen molar-refractivity contribution in [2.24, 2.45) is 0 Å². The highest BCUT2D eigenvalue weighted by molar-refractivity contribution is 6.33. The van der Waals surface area contributed by atoms with E-state index < -0.39 is 6.04 Å². The first-order valence-electron chi connectivity index (χ1n) is 6.33. The minimum Gasteiger partial charge on any atom is -0.325 e. The highest BCUT2D eigenvalue weighted by Gasteiger charge is 2.34. The van der Waals surface area contributed by atoms with Crippen LogP contribution in [0.5, 0.6) is 0 Å². The molecular weight excluding hydrogens is 294 g/mol. The zero-order valence-electron chi connectivity index (χ0n) is 11.1. The van der Waals surface area contributed by atoms with Crippen molar-refractivity contribution in [3.05, 3.63) is 35.1 Å². The number of nitrogens with one attached hydrogen (secondary N) is 2. The topological polar surface area (TPSA) is 88.9 Å². The molecule has 1 aliphatic rings. The Bertz CT molecular complexity index is 727. The lowest BCUT2D eigenvalue weighted by Gasteiger charge is -2.10. The number of rotatable bonds is 3. The molecule has 0 bridgehead atoms. The van der Waals surface area contributed by atoms with E-state index in [1.54, 1.807) is 31.2 Å². The van der Waals surface area contributed by atoms with E-state index in [0.29, 0.717) is 22.5 Å². The quantitative estimate of drug-likeness (QED) is 0.904. The summed E-state index contributed by atoms with van der Waals surface area (Å²) in [7, 11) is 0. The van der Waals surface area contributed by atoms with E-state index in [1.165, 1.54) is 4.68 Å². The van der Waals surface area contributed by atoms with Gasteiger partial charge >= 0.3 is 0 Å². The van der Waals surface area contributed by atoms with Crippen LogP contribution >= 0.6 is 11.6 Å². The summed E-state index contributed by atoms with van der Waals surface area (Å²) in [6.07, 6.45) is -0.0349. The molecule has 8 heteroatoms. The molecule has 1 atom stereocenters. The summed E-state index contributed by atoms with van der Waals surface area (Å²) < 4.78 is 1.43. The number of anilines is 2. The van der Waals surface area contributed by atoms with Crippen LogP contribution in [0, 0.1) is 6.92 Å². The van der Waals surface area contributed by atoms with Gasteiger partial charge in [-0.2, -0.15) is 10.1 Å². The van der Waals surface area contributed by atoms with Gasteiger partial charge in [0.2, 0.25) is 11.9 Å². The molecule has 1 aliphatic heterocycles. The lowest BCUT2D eigenvalue weighted by molar-refractivity contribution is -0.123. The third kappa shape index (κ3) is 2.59. The number of nitrogens with zero attached hydrogens (tertiary/aromatic N) is 3. The first kappa shape index (κ1) is 13.6. The second-order valence-electron chi connectivity index (χ2n) is 4.66. The number of fused-ring (bicyclic) bond motifs is 1. The van der Waals surface area contributed by atoms with Crippen molar-refractivity contribution < 1.29 is 9.59 Å². The van der Waals surface area contributed by atoms with Gasteiger partial charge in [0.05, 0.1) is 17.1 Å². The molecule has 0 fully saturated rings. The average molecular weight is 306 g/mol. The molecule has 0 saturated heterocycles. The molecule has 2 heterocycles. The minimum absolute atomic E-state index is 0.0349. The van der Waals surface area contributed by atoms with Crippen molar-refractivity contribution in [1.29, 1.82) is 0 Å². The van der Waals surface area contributed by atoms with E-state index in [0.717, 1.165) is 0 Å². The molecule has 0 aliphatic carbocycles. The lowest BCUT2D eigenvalue weighted by atomic mass is 10.2. The summed E-state index contributed by atoms with van der Waals surface area (Å²) in [5.41, 5.74) is 0.512. The number of para-hydroxylation sites is 1. The molecule has 2 amide bonds. The third-order valence-corrected chi connectivity index (χ3v) is 3.43. The van der Waals surface area contributed by atoms with Crippen molar-refractivity contribution in [2.75, 3.05) is 10.6 Å². The monoisotopic (exact) mass is 305 g/mol. The summed E-state index contributed by atoms with van der Waals surface area (Å²) in [5.74, 6) is 0.304. The Balaban J connectivity index is 1.73. The standard InChI is InChI=1S/C13H12ClN5O2/c1-7-15-13-17-12(21)10(19(13)18-7)6-11(20)16-9-5-3-2-4-8(9)14/h2-5,10H,6H2,1H3,(H,16,20)(H,15,17,18,21). The van der Waals surface area contributed by atoms with Gasteiger partial charge in [-0.25, -0.2) is 4.68 Å². The number of aromatic nitrogens is 3. The van der Waals surface area contributed by atoms with Crippen molar-refractivity contribution >= 4 is 35.1 Å². The molecule has 21 heavy (non-hydrogen) atoms. The van der Waals surface area contributed by atoms with E-state index in [2.05, 4.69) is 20.7 Å². The number of carbonyl (C=O) groups excluding carboxylic acids is 2. The van der Waals surface area contributed by atoms with Crippen LogP contribution in [-0.4, -0.2) is 26.6 Å². The van der Waals surface area contributed by atoms with Crippen molar-refractivity contribution in [3.63, 3.8) is 0 Å². The van der Waals surface area contributed by atoms with Gasteiger partial charge in [0.25, 0.3) is 5.91 Å². The zero-order chi connectivity index (χ0) is 15.0. The largest absolute Gasteiger partial charge is 0.325 e. The van der Waals surface area contributed by atoms with Crippen LogP contribution in [0.15, 0.2) is 24.3 Å². The molecule has 0 spiro atoms. The second kappa shape index (κ2) is 5.17. The molecule has 1 aromatic carbocycles. The molecule has 1 unspecified atom stereocenters. The van der Waals surface area contributed by atoms with Crippen LogP contribution in [0.25, 0.3) is 0 Å². The Labute approximate surface area is 125 Å². The van der Waals surface area contributed by atoms with E-state index >= 15 is 0 Å². The Hall–Kier alpha value is -2.41. The maximum absolute atomic E-state index is 12.1. The van der Waals surface area contributed by atoms with Crippen LogP contribution in [0.1, 0.15) is 18.3 Å². The highest BCUT2D eigenvalue weighted by Crippen LogP contribution is 2.26. The fraction of sp³-hybridized carbons (Fsp3) is 0.231. The highest BCUT2D eigenvalue weighted by atomic mass is 35.5. The second-order valence-corrected chi connectivity index (χ2v) is 5.07. The summed E-state index contributed by atoms with van der Waals surface area (Å²) in [6, 6.07) is 6.22. The Kier molecular flexibility index (Phi) is 3.34. The number of halogens is 1. The molecule has 0 saturated carbocycles. The molecule has 3 rings (SSSR count). The number of amides is 2. The first-order chi connectivity index (χ1) is 10.0. The normalized spacial score (nSPS) is 16.5. The number of carbonyl (C=O) groups is 2. The van der Waals surface area contributed by atoms with Gasteiger partial charge in [-0.05, 0) is 19.1 Å². The maximum Gasteiger partial charge on any atom is 0.252 e. The van der Waals surface area contributed by atoms with E-state index in [-0.39, 0.29) is 18.2 Å². The Morgan fingerprint density at radius 1 is 1.48 bits per heavy atom. The van der Waals surface area contributed by atoms with E-state index in [1.807, 2.05) is 0 Å². The molecule has 2 N–H and O–H groups in total. The SMILES string of the molecule is Cc1nc2n(n1)C(CC(=O)Nc1ccccc1Cl)C(=O)N2. The van der Waals surface area contributed by atoms with Crippen LogP contribution in [0.3, 0.4) is 0 Å². The molecule has 2 aromatic rings. The van der Waals surface area contributed by atoms with Crippen LogP contribution in [0.4, 0.5) is 11.6 Å². The number of benzene rings is 1. The zero-order valence-corrected chi connectivity index (χ0v) is 11.9. The average Bonchev–Trinajstić information content (AvgIpc) is 2.90. The predicted octanol–water partition coefficient (Wildman–Crippen LogP) is 1.76. The fourth-order valence-corrected chi connectivity index (χ4v) is 2.34. The molecule has 108 valence electrons. The minimum atomic E-state index is -0.691. The van der Waals surface area contributed by atoms with E-state index in [4.69, 9.17) is 11.6 Å². The number of hydrogen-bond donors (Lipinski definition) is 2. The lowest BCUT2D eigenvalue weighted by Crippen LogP contribution is -2.23. The van der Waals surface area contributed by atoms with Gasteiger partial charge in [0, 0.05) is 0 Å². The summed E-state index contributed by atoms with van der Waals surface area (Å²) in [4.78, 5) is 28.0. The third-order valence-electron chi connectivity index (χ3n) is 3.10. The Morgan fingerprint density at radius 3 is 3.00 bits per heavy atom. The van der Waals surface area contributed by atoms with Crippen LogP contribution in [-0.2, 0) is 9.59 Å². The molecule has 7 nitrogen and oxygen atoms in total. The van der Waals surface area contributed by atoms with Gasteiger partial charge in [-0.3, -0.25) is 14.9 Å². The van der Waals surface area contributed by atoms with Gasteiger partial charge < -0.3 is 5.32 Å². The maximum atomic E-state index is 12.1. The van der Waals surface area contributed by atoms with Gasteiger partial charge in [-0.15, -0.1) is 0 Å². The first-order valence-corrected chi connectivity index (χ1v) is 6.71. The fourth-order valence-electron chi connectivity index (χ4n) is 2.16. The summed E-state index contributed by atoms with van der Waals surface area (Å²) in [5, 5.41) is 9.84. The summed E-state index contributed by atoms with van der Waals surface area (Å²) in [6.45, 7) is 1.72. The van der Waals surface area contributed by atoms with Gasteiger partial charge in [0.1, 0.15) is 11.9 Å². The smallest absolute Gasteiger partial charge is 0.252 e. The van der Waals surface area contributed by atoms with Crippen LogP contribution < -0.4 is 10.6 Å². The van der Waals surface area contributed by atoms with Gasteiger partial charge in [-0.1, -0.05) is 23.7 Å². The molecule has 1 aromatic heterocycles. The van der Waals surface area contributed by atoms with Crippen molar-refractivity contribution in [3.8, 4) is 0 Å². The molecule has 0 radical (unpaired) electrons.